The predicted octanol–water partition coefficient (Wildman–Crippen LogP) is 2.59. The van der Waals surface area contributed by atoms with Crippen LogP contribution in [0.4, 0.5) is 5.82 Å². The van der Waals surface area contributed by atoms with Gasteiger partial charge in [0.2, 0.25) is 5.91 Å². The van der Waals surface area contributed by atoms with Gasteiger partial charge in [-0.2, -0.15) is 0 Å². The van der Waals surface area contributed by atoms with E-state index in [2.05, 4.69) is 9.88 Å². The molecule has 3 heterocycles. The molecule has 6 heteroatoms. The van der Waals surface area contributed by atoms with Gasteiger partial charge in [-0.25, -0.2) is 4.98 Å². The molecule has 0 N–H and O–H groups in total. The molecule has 0 saturated carbocycles. The number of carbonyl (C=O) groups is 1. The number of likely N-dealkylation sites (tertiary alicyclic amines) is 1. The van der Waals surface area contributed by atoms with Crippen LogP contribution in [0.15, 0.2) is 18.3 Å². The van der Waals surface area contributed by atoms with Crippen LogP contribution in [0.2, 0.25) is 5.02 Å². The molecule has 0 bridgehead atoms. The fourth-order valence-electron chi connectivity index (χ4n) is 3.77. The van der Waals surface area contributed by atoms with Crippen LogP contribution in [0.3, 0.4) is 0 Å². The van der Waals surface area contributed by atoms with Gasteiger partial charge in [-0.05, 0) is 37.8 Å². The van der Waals surface area contributed by atoms with E-state index in [1.807, 2.05) is 17.0 Å². The van der Waals surface area contributed by atoms with E-state index in [0.29, 0.717) is 17.5 Å². The number of anilines is 1. The van der Waals surface area contributed by atoms with E-state index in [-0.39, 0.29) is 5.41 Å². The molecule has 1 aromatic heterocycles. The topological polar surface area (TPSA) is 45.7 Å². The minimum atomic E-state index is -0.230. The first-order valence-corrected chi connectivity index (χ1v) is 8.67. The van der Waals surface area contributed by atoms with Crippen molar-refractivity contribution in [2.24, 2.45) is 5.41 Å². The molecule has 0 aromatic carbocycles. The maximum absolute atomic E-state index is 13.0. The summed E-state index contributed by atoms with van der Waals surface area (Å²) in [6.45, 7) is 4.03. The highest BCUT2D eigenvalue weighted by Crippen LogP contribution is 2.41. The number of rotatable bonds is 5. The quantitative estimate of drug-likeness (QED) is 0.775. The molecular weight excluding hydrogens is 314 g/mol. The van der Waals surface area contributed by atoms with Crippen LogP contribution < -0.4 is 4.90 Å². The molecule has 2 fully saturated rings. The molecule has 2 saturated heterocycles. The average molecular weight is 338 g/mol. The summed E-state index contributed by atoms with van der Waals surface area (Å²) in [5.74, 6) is 1.23. The van der Waals surface area contributed by atoms with Crippen LogP contribution in [0, 0.1) is 5.41 Å². The second-order valence-corrected chi connectivity index (χ2v) is 6.97. The summed E-state index contributed by atoms with van der Waals surface area (Å²) in [7, 11) is 1.70. The van der Waals surface area contributed by atoms with E-state index in [9.17, 15) is 4.79 Å². The zero-order valence-electron chi connectivity index (χ0n) is 13.6. The number of carbonyl (C=O) groups excluding carboxylic acids is 1. The number of amides is 1. The van der Waals surface area contributed by atoms with Gasteiger partial charge >= 0.3 is 0 Å². The number of piperidine rings is 1. The van der Waals surface area contributed by atoms with Gasteiger partial charge in [-0.1, -0.05) is 11.6 Å². The lowest BCUT2D eigenvalue weighted by Gasteiger charge is -2.39. The molecular formula is C17H24ClN3O2. The molecule has 23 heavy (non-hydrogen) atoms. The predicted molar refractivity (Wildman–Crippen MR) is 90.8 cm³/mol. The third kappa shape index (κ3) is 3.45. The van der Waals surface area contributed by atoms with E-state index in [1.165, 1.54) is 0 Å². The SMILES string of the molecule is COCCCN1CCCC2(CCN(c3ccc(Cl)cn3)C2)C1=O. The van der Waals surface area contributed by atoms with Crippen molar-refractivity contribution >= 4 is 23.3 Å². The van der Waals surface area contributed by atoms with Crippen molar-refractivity contribution in [3.63, 3.8) is 0 Å². The minimum absolute atomic E-state index is 0.230. The van der Waals surface area contributed by atoms with Crippen LogP contribution in [0.1, 0.15) is 25.7 Å². The lowest BCUT2D eigenvalue weighted by atomic mass is 9.78. The van der Waals surface area contributed by atoms with Gasteiger partial charge < -0.3 is 14.5 Å². The van der Waals surface area contributed by atoms with Crippen LogP contribution >= 0.6 is 11.6 Å². The first-order chi connectivity index (χ1) is 11.1. The monoisotopic (exact) mass is 337 g/mol. The molecule has 1 aromatic rings. The number of nitrogens with zero attached hydrogens (tertiary/aromatic N) is 3. The number of ether oxygens (including phenoxy) is 1. The first-order valence-electron chi connectivity index (χ1n) is 8.29. The number of hydrogen-bond donors (Lipinski definition) is 0. The lowest BCUT2D eigenvalue weighted by Crippen LogP contribution is -2.50. The third-order valence-corrected chi connectivity index (χ3v) is 5.21. The van der Waals surface area contributed by atoms with Gasteiger partial charge in [0.15, 0.2) is 0 Å². The van der Waals surface area contributed by atoms with Crippen molar-refractivity contribution in [3.05, 3.63) is 23.4 Å². The van der Waals surface area contributed by atoms with Crippen molar-refractivity contribution < 1.29 is 9.53 Å². The van der Waals surface area contributed by atoms with Crippen LogP contribution in [-0.2, 0) is 9.53 Å². The number of pyridine rings is 1. The summed E-state index contributed by atoms with van der Waals surface area (Å²) in [5, 5.41) is 0.640. The summed E-state index contributed by atoms with van der Waals surface area (Å²) < 4.78 is 5.10. The molecule has 1 amide bonds. The standard InChI is InChI=1S/C17H24ClN3O2/c1-23-11-3-9-20-8-2-6-17(16(20)22)7-10-21(13-17)15-5-4-14(18)12-19-15/h4-5,12H,2-3,6-11,13H2,1H3. The minimum Gasteiger partial charge on any atom is -0.385 e. The molecule has 1 spiro atoms. The Morgan fingerprint density at radius 1 is 1.35 bits per heavy atom. The Morgan fingerprint density at radius 3 is 2.96 bits per heavy atom. The van der Waals surface area contributed by atoms with Crippen LogP contribution in [0.5, 0.6) is 0 Å². The summed E-state index contributed by atoms with van der Waals surface area (Å²) in [4.78, 5) is 21.6. The Bertz CT molecular complexity index is 551. The van der Waals surface area contributed by atoms with Gasteiger partial charge in [-0.3, -0.25) is 4.79 Å². The Kier molecular flexibility index (Phi) is 5.07. The van der Waals surface area contributed by atoms with E-state index >= 15 is 0 Å². The van der Waals surface area contributed by atoms with Crippen LogP contribution in [-0.4, -0.2) is 55.7 Å². The van der Waals surface area contributed by atoms with Gasteiger partial charge in [0.1, 0.15) is 5.82 Å². The molecule has 3 rings (SSSR count). The second kappa shape index (κ2) is 7.05. The number of hydrogen-bond acceptors (Lipinski definition) is 4. The van der Waals surface area contributed by atoms with Gasteiger partial charge in [0.05, 0.1) is 10.4 Å². The second-order valence-electron chi connectivity index (χ2n) is 6.53. The lowest BCUT2D eigenvalue weighted by molar-refractivity contribution is -0.145. The Morgan fingerprint density at radius 2 is 2.22 bits per heavy atom. The highest BCUT2D eigenvalue weighted by Gasteiger charge is 2.48. The van der Waals surface area contributed by atoms with E-state index in [4.69, 9.17) is 16.3 Å². The Hall–Kier alpha value is -1.33. The fourth-order valence-corrected chi connectivity index (χ4v) is 3.88. The van der Waals surface area contributed by atoms with E-state index in [0.717, 1.165) is 57.7 Å². The van der Waals surface area contributed by atoms with Gasteiger partial charge in [0.25, 0.3) is 0 Å². The van der Waals surface area contributed by atoms with Gasteiger partial charge in [0, 0.05) is 46.1 Å². The molecule has 2 aliphatic heterocycles. The van der Waals surface area contributed by atoms with Crippen molar-refractivity contribution in [1.29, 1.82) is 0 Å². The Labute approximate surface area is 142 Å². The summed E-state index contributed by atoms with van der Waals surface area (Å²) in [6, 6.07) is 3.79. The smallest absolute Gasteiger partial charge is 0.230 e. The van der Waals surface area contributed by atoms with Crippen molar-refractivity contribution in [2.45, 2.75) is 25.7 Å². The zero-order valence-corrected chi connectivity index (χ0v) is 14.4. The Balaban J connectivity index is 1.67. The fraction of sp³-hybridized carbons (Fsp3) is 0.647. The average Bonchev–Trinajstić information content (AvgIpc) is 2.98. The van der Waals surface area contributed by atoms with E-state index < -0.39 is 0 Å². The number of aromatic nitrogens is 1. The first kappa shape index (κ1) is 16.5. The molecule has 5 nitrogen and oxygen atoms in total. The normalized spacial score (nSPS) is 24.7. The highest BCUT2D eigenvalue weighted by molar-refractivity contribution is 6.30. The maximum Gasteiger partial charge on any atom is 0.230 e. The summed E-state index contributed by atoms with van der Waals surface area (Å²) in [5.41, 5.74) is -0.230. The summed E-state index contributed by atoms with van der Waals surface area (Å²) >= 11 is 5.91. The number of methoxy groups -OCH3 is 1. The molecule has 1 unspecified atom stereocenters. The molecule has 0 aliphatic carbocycles. The van der Waals surface area contributed by atoms with Gasteiger partial charge in [-0.15, -0.1) is 0 Å². The maximum atomic E-state index is 13.0. The van der Waals surface area contributed by atoms with Crippen molar-refractivity contribution in [3.8, 4) is 0 Å². The largest absolute Gasteiger partial charge is 0.385 e. The summed E-state index contributed by atoms with van der Waals surface area (Å²) in [6.07, 6.45) is 5.55. The van der Waals surface area contributed by atoms with E-state index in [1.54, 1.807) is 13.3 Å². The van der Waals surface area contributed by atoms with Crippen molar-refractivity contribution in [1.82, 2.24) is 9.88 Å². The molecule has 126 valence electrons. The molecule has 1 atom stereocenters. The highest BCUT2D eigenvalue weighted by atomic mass is 35.5. The zero-order chi connectivity index (χ0) is 16.3. The molecule has 2 aliphatic rings. The van der Waals surface area contributed by atoms with Crippen molar-refractivity contribution in [2.75, 3.05) is 44.8 Å². The number of halogens is 1. The molecule has 0 radical (unpaired) electrons. The van der Waals surface area contributed by atoms with Crippen LogP contribution in [0.25, 0.3) is 0 Å². The third-order valence-electron chi connectivity index (χ3n) is 4.99.